The van der Waals surface area contributed by atoms with Crippen LogP contribution in [-0.2, 0) is 13.2 Å². The molecule has 1 atom stereocenters. The highest BCUT2D eigenvalue weighted by Crippen LogP contribution is 2.34. The van der Waals surface area contributed by atoms with Crippen LogP contribution in [0.4, 0.5) is 4.39 Å². The van der Waals surface area contributed by atoms with Gasteiger partial charge in [0.2, 0.25) is 0 Å². The lowest BCUT2D eigenvalue weighted by atomic mass is 10.1. The highest BCUT2D eigenvalue weighted by atomic mass is 35.5. The summed E-state index contributed by atoms with van der Waals surface area (Å²) in [7, 11) is 0. The Labute approximate surface area is 173 Å². The molecule has 0 fully saturated rings. The maximum Gasteiger partial charge on any atom is 0.255 e. The molecule has 29 heavy (non-hydrogen) atoms. The van der Waals surface area contributed by atoms with Gasteiger partial charge in [-0.15, -0.1) is 0 Å². The number of rotatable bonds is 5. The van der Waals surface area contributed by atoms with Gasteiger partial charge in [-0.1, -0.05) is 23.7 Å². The van der Waals surface area contributed by atoms with E-state index in [1.165, 1.54) is 12.1 Å². The van der Waals surface area contributed by atoms with E-state index in [9.17, 15) is 9.18 Å². The second kappa shape index (κ2) is 7.79. The number of aryl methyl sites for hydroxylation is 1. The molecule has 0 bridgehead atoms. The fourth-order valence-electron chi connectivity index (χ4n) is 3.37. The van der Waals surface area contributed by atoms with E-state index in [1.54, 1.807) is 35.5 Å². The fraction of sp³-hybridized carbons (Fsp3) is 0.227. The van der Waals surface area contributed by atoms with Crippen LogP contribution in [0.1, 0.15) is 45.7 Å². The molecule has 0 saturated carbocycles. The van der Waals surface area contributed by atoms with Crippen molar-refractivity contribution in [2.45, 2.75) is 33.0 Å². The molecule has 3 heterocycles. The molecular weight excluding hydrogens is 393 g/mol. The van der Waals surface area contributed by atoms with E-state index >= 15 is 0 Å². The van der Waals surface area contributed by atoms with E-state index < -0.39 is 0 Å². The number of carbonyl (C=O) groups is 1. The Balaban J connectivity index is 1.48. The number of hydrogen-bond acceptors (Lipinski definition) is 4. The topological polar surface area (TPSA) is 55.3 Å². The molecule has 0 N–H and O–H groups in total. The summed E-state index contributed by atoms with van der Waals surface area (Å²) in [5.74, 6) is 0.294. The molecule has 1 amide bonds. The lowest BCUT2D eigenvalue weighted by Crippen LogP contribution is -2.28. The summed E-state index contributed by atoms with van der Waals surface area (Å²) in [5.41, 5.74) is 3.89. The highest BCUT2D eigenvalue weighted by Gasteiger charge is 2.33. The van der Waals surface area contributed by atoms with Gasteiger partial charge in [-0.05, 0) is 49.2 Å². The monoisotopic (exact) mass is 411 g/mol. The number of nitrogens with zero attached hydrogens (tertiary/aromatic N) is 3. The molecule has 1 unspecified atom stereocenters. The molecule has 0 spiro atoms. The Bertz CT molecular complexity index is 1070. The summed E-state index contributed by atoms with van der Waals surface area (Å²) in [6, 6.07) is 9.57. The summed E-state index contributed by atoms with van der Waals surface area (Å²) >= 11 is 6.15. The van der Waals surface area contributed by atoms with Crippen LogP contribution in [-0.4, -0.2) is 20.8 Å². The zero-order valence-electron chi connectivity index (χ0n) is 16.0. The normalized spacial score (nSPS) is 14.1. The zero-order chi connectivity index (χ0) is 20.5. The van der Waals surface area contributed by atoms with Crippen molar-refractivity contribution in [3.05, 3.63) is 87.7 Å². The lowest BCUT2D eigenvalue weighted by Gasteiger charge is -2.24. The average Bonchev–Trinajstić information content (AvgIpc) is 3.06. The number of ether oxygens (including phenoxy) is 1. The van der Waals surface area contributed by atoms with Crippen molar-refractivity contribution in [3.63, 3.8) is 0 Å². The first kappa shape index (κ1) is 19.3. The number of aromatic nitrogens is 2. The van der Waals surface area contributed by atoms with Crippen molar-refractivity contribution in [2.75, 3.05) is 0 Å². The first-order valence-electron chi connectivity index (χ1n) is 9.22. The number of fused-ring (bicyclic) bond motifs is 1. The number of benzene rings is 1. The van der Waals surface area contributed by atoms with Crippen molar-refractivity contribution >= 4 is 17.5 Å². The number of halogens is 2. The van der Waals surface area contributed by atoms with Gasteiger partial charge in [-0.25, -0.2) is 9.37 Å². The molecule has 0 radical (unpaired) electrons. The Kier molecular flexibility index (Phi) is 5.20. The lowest BCUT2D eigenvalue weighted by molar-refractivity contribution is 0.0712. The van der Waals surface area contributed by atoms with Crippen molar-refractivity contribution in [1.29, 1.82) is 0 Å². The number of hydrogen-bond donors (Lipinski definition) is 0. The van der Waals surface area contributed by atoms with Gasteiger partial charge in [0, 0.05) is 17.3 Å². The van der Waals surface area contributed by atoms with Gasteiger partial charge in [0.05, 0.1) is 24.5 Å². The molecular formula is C22H19ClFN3O2. The summed E-state index contributed by atoms with van der Waals surface area (Å²) in [5, 5.41) is 0.360. The third-order valence-corrected chi connectivity index (χ3v) is 5.44. The second-order valence-corrected chi connectivity index (χ2v) is 7.38. The van der Waals surface area contributed by atoms with Gasteiger partial charge >= 0.3 is 0 Å². The first-order chi connectivity index (χ1) is 13.9. The standard InChI is InChI=1S/C22H19ClFN3O2/c1-13-9-19(26-10-20(13)29-12-15-3-5-16(24)6-4-15)14(2)27-11-18-17(22(27)28)7-8-25-21(18)23/h3-10,14H,11-12H2,1-2H3. The minimum absolute atomic E-state index is 0.0760. The van der Waals surface area contributed by atoms with Gasteiger partial charge in [0.25, 0.3) is 5.91 Å². The number of carbonyl (C=O) groups excluding carboxylic acids is 1. The summed E-state index contributed by atoms with van der Waals surface area (Å²) in [6.07, 6.45) is 3.20. The first-order valence-corrected chi connectivity index (χ1v) is 9.60. The van der Waals surface area contributed by atoms with Gasteiger partial charge in [0.15, 0.2) is 0 Å². The van der Waals surface area contributed by atoms with Crippen LogP contribution < -0.4 is 4.74 Å². The van der Waals surface area contributed by atoms with Crippen LogP contribution in [0.5, 0.6) is 5.75 Å². The predicted octanol–water partition coefficient (Wildman–Crippen LogP) is 4.87. The number of amides is 1. The Morgan fingerprint density at radius 3 is 2.69 bits per heavy atom. The van der Waals surface area contributed by atoms with E-state index in [-0.39, 0.29) is 17.8 Å². The molecule has 1 aliphatic heterocycles. The second-order valence-electron chi connectivity index (χ2n) is 7.03. The largest absolute Gasteiger partial charge is 0.487 e. The summed E-state index contributed by atoms with van der Waals surface area (Å²) in [4.78, 5) is 23.1. The maximum atomic E-state index is 13.0. The van der Waals surface area contributed by atoms with Crippen LogP contribution >= 0.6 is 11.6 Å². The van der Waals surface area contributed by atoms with Crippen LogP contribution in [0.2, 0.25) is 5.15 Å². The summed E-state index contributed by atoms with van der Waals surface area (Å²) in [6.45, 7) is 4.60. The smallest absolute Gasteiger partial charge is 0.255 e. The Hall–Kier alpha value is -2.99. The maximum absolute atomic E-state index is 13.0. The fourth-order valence-corrected chi connectivity index (χ4v) is 3.59. The zero-order valence-corrected chi connectivity index (χ0v) is 16.8. The van der Waals surface area contributed by atoms with Crippen molar-refractivity contribution in [1.82, 2.24) is 14.9 Å². The Morgan fingerprint density at radius 2 is 2.00 bits per heavy atom. The van der Waals surface area contributed by atoms with Gasteiger partial charge in [0.1, 0.15) is 23.3 Å². The number of pyridine rings is 2. The average molecular weight is 412 g/mol. The van der Waals surface area contributed by atoms with E-state index in [0.29, 0.717) is 29.6 Å². The predicted molar refractivity (Wildman–Crippen MR) is 107 cm³/mol. The van der Waals surface area contributed by atoms with E-state index in [1.807, 2.05) is 19.9 Å². The molecule has 1 aromatic carbocycles. The molecule has 2 aromatic heterocycles. The molecule has 7 heteroatoms. The Morgan fingerprint density at radius 1 is 1.24 bits per heavy atom. The van der Waals surface area contributed by atoms with Gasteiger partial charge in [-0.2, -0.15) is 0 Å². The van der Waals surface area contributed by atoms with Gasteiger partial charge in [-0.3, -0.25) is 9.78 Å². The van der Waals surface area contributed by atoms with Crippen LogP contribution in [0, 0.1) is 12.7 Å². The van der Waals surface area contributed by atoms with Crippen LogP contribution in [0.3, 0.4) is 0 Å². The van der Waals surface area contributed by atoms with Crippen LogP contribution in [0.15, 0.2) is 48.8 Å². The molecule has 0 saturated heterocycles. The molecule has 148 valence electrons. The van der Waals surface area contributed by atoms with E-state index in [0.717, 1.165) is 22.4 Å². The van der Waals surface area contributed by atoms with Crippen molar-refractivity contribution in [3.8, 4) is 5.75 Å². The minimum Gasteiger partial charge on any atom is -0.487 e. The minimum atomic E-state index is -0.277. The molecule has 5 nitrogen and oxygen atoms in total. The quantitative estimate of drug-likeness (QED) is 0.562. The van der Waals surface area contributed by atoms with Gasteiger partial charge < -0.3 is 9.64 Å². The summed E-state index contributed by atoms with van der Waals surface area (Å²) < 4.78 is 18.8. The molecule has 1 aliphatic rings. The molecule has 0 aliphatic carbocycles. The third kappa shape index (κ3) is 3.80. The highest BCUT2D eigenvalue weighted by molar-refractivity contribution is 6.30. The van der Waals surface area contributed by atoms with E-state index in [4.69, 9.17) is 16.3 Å². The molecule has 4 rings (SSSR count). The van der Waals surface area contributed by atoms with Crippen molar-refractivity contribution < 1.29 is 13.9 Å². The van der Waals surface area contributed by atoms with Crippen molar-refractivity contribution in [2.24, 2.45) is 0 Å². The SMILES string of the molecule is Cc1cc(C(C)N2Cc3c(ccnc3Cl)C2=O)ncc1OCc1ccc(F)cc1. The van der Waals surface area contributed by atoms with E-state index in [2.05, 4.69) is 9.97 Å². The van der Waals surface area contributed by atoms with Crippen LogP contribution in [0.25, 0.3) is 0 Å². The molecule has 3 aromatic rings. The third-order valence-electron chi connectivity index (χ3n) is 5.11.